The molecule has 0 amide bonds. The Balaban J connectivity index is 4.04. The minimum Gasteiger partial charge on any atom is -0.311 e. The van der Waals surface area contributed by atoms with E-state index in [1.54, 1.807) is 6.92 Å². The van der Waals surface area contributed by atoms with Gasteiger partial charge in [0.05, 0.1) is 6.54 Å². The van der Waals surface area contributed by atoms with Crippen molar-refractivity contribution in [2.24, 2.45) is 0 Å². The molecule has 2 N–H and O–H groups in total. The van der Waals surface area contributed by atoms with E-state index in [1.807, 2.05) is 20.8 Å². The molecule has 0 radical (unpaired) electrons. The lowest BCUT2D eigenvalue weighted by Gasteiger charge is -2.26. The molecule has 0 bridgehead atoms. The first-order valence-electron chi connectivity index (χ1n) is 5.28. The van der Waals surface area contributed by atoms with Crippen molar-refractivity contribution in [1.82, 2.24) is 10.6 Å². The summed E-state index contributed by atoms with van der Waals surface area (Å²) in [6.07, 6.45) is -5.50. The van der Waals surface area contributed by atoms with E-state index in [0.29, 0.717) is 6.54 Å². The van der Waals surface area contributed by atoms with E-state index in [1.165, 1.54) is 0 Å². The Hall–Kier alpha value is -0.430. The summed E-state index contributed by atoms with van der Waals surface area (Å²) in [6, 6.07) is -0.470. The quantitative estimate of drug-likeness (QED) is 0.744. The summed E-state index contributed by atoms with van der Waals surface area (Å²) >= 11 is 0. The molecule has 0 aromatic heterocycles. The molecular formula is C10H19F5N2. The summed E-state index contributed by atoms with van der Waals surface area (Å²) < 4.78 is 60.7. The molecule has 1 unspecified atom stereocenters. The summed E-state index contributed by atoms with van der Waals surface area (Å²) in [5.41, 5.74) is -0.206. The van der Waals surface area contributed by atoms with Crippen LogP contribution in [0.1, 0.15) is 27.7 Å². The van der Waals surface area contributed by atoms with Crippen LogP contribution in [0.5, 0.6) is 0 Å². The van der Waals surface area contributed by atoms with E-state index >= 15 is 0 Å². The highest BCUT2D eigenvalue weighted by Crippen LogP contribution is 2.34. The summed E-state index contributed by atoms with van der Waals surface area (Å²) in [4.78, 5) is 0. The van der Waals surface area contributed by atoms with Crippen molar-refractivity contribution in [1.29, 1.82) is 0 Å². The third-order valence-corrected chi connectivity index (χ3v) is 2.03. The number of rotatable bonds is 5. The second-order valence-corrected chi connectivity index (χ2v) is 5.12. The van der Waals surface area contributed by atoms with Gasteiger partial charge in [-0.2, -0.15) is 22.0 Å². The largest absolute Gasteiger partial charge is 0.454 e. The van der Waals surface area contributed by atoms with Crippen LogP contribution in [-0.2, 0) is 0 Å². The van der Waals surface area contributed by atoms with Crippen molar-refractivity contribution >= 4 is 0 Å². The predicted octanol–water partition coefficient (Wildman–Crippen LogP) is 2.55. The monoisotopic (exact) mass is 262 g/mol. The molecule has 0 aromatic carbocycles. The molecule has 0 aliphatic carbocycles. The fraction of sp³-hybridized carbons (Fsp3) is 1.00. The SMILES string of the molecule is CC(CNC(C)(C)C)NCC(F)(F)C(F)(F)F. The van der Waals surface area contributed by atoms with E-state index < -0.39 is 24.7 Å². The van der Waals surface area contributed by atoms with Gasteiger partial charge >= 0.3 is 12.1 Å². The zero-order valence-electron chi connectivity index (χ0n) is 10.4. The van der Waals surface area contributed by atoms with Crippen molar-refractivity contribution < 1.29 is 22.0 Å². The van der Waals surface area contributed by atoms with E-state index in [2.05, 4.69) is 10.6 Å². The minimum absolute atomic E-state index is 0.206. The van der Waals surface area contributed by atoms with Gasteiger partial charge in [0.1, 0.15) is 0 Å². The topological polar surface area (TPSA) is 24.1 Å². The van der Waals surface area contributed by atoms with Crippen molar-refractivity contribution in [3.05, 3.63) is 0 Å². The molecule has 7 heteroatoms. The van der Waals surface area contributed by atoms with Gasteiger partial charge in [-0.1, -0.05) is 0 Å². The van der Waals surface area contributed by atoms with Crippen molar-refractivity contribution in [3.8, 4) is 0 Å². The van der Waals surface area contributed by atoms with Crippen LogP contribution in [0, 0.1) is 0 Å². The van der Waals surface area contributed by atoms with Crippen molar-refractivity contribution in [2.75, 3.05) is 13.1 Å². The maximum atomic E-state index is 12.6. The molecule has 0 spiro atoms. The number of halogens is 5. The molecule has 17 heavy (non-hydrogen) atoms. The lowest BCUT2D eigenvalue weighted by molar-refractivity contribution is -0.279. The van der Waals surface area contributed by atoms with Gasteiger partial charge in [0, 0.05) is 18.1 Å². The molecule has 2 nitrogen and oxygen atoms in total. The Bertz CT molecular complexity index is 232. The Kier molecular flexibility index (Phi) is 5.34. The van der Waals surface area contributed by atoms with Gasteiger partial charge in [-0.15, -0.1) is 0 Å². The molecule has 0 fully saturated rings. The molecule has 0 rings (SSSR count). The molecule has 104 valence electrons. The van der Waals surface area contributed by atoms with Gasteiger partial charge in [0.2, 0.25) is 0 Å². The number of alkyl halides is 5. The fourth-order valence-electron chi connectivity index (χ4n) is 0.934. The van der Waals surface area contributed by atoms with Gasteiger partial charge in [-0.25, -0.2) is 0 Å². The Morgan fingerprint density at radius 1 is 1.00 bits per heavy atom. The third kappa shape index (κ3) is 6.78. The van der Waals surface area contributed by atoms with Gasteiger partial charge in [0.15, 0.2) is 0 Å². The Labute approximate surface area is 98.0 Å². The predicted molar refractivity (Wildman–Crippen MR) is 56.2 cm³/mol. The second-order valence-electron chi connectivity index (χ2n) is 5.12. The summed E-state index contributed by atoms with van der Waals surface area (Å²) in [6.45, 7) is 6.10. The normalized spacial score (nSPS) is 16.1. The van der Waals surface area contributed by atoms with E-state index in [0.717, 1.165) is 0 Å². The van der Waals surface area contributed by atoms with Gasteiger partial charge in [-0.05, 0) is 27.7 Å². The lowest BCUT2D eigenvalue weighted by atomic mass is 10.1. The maximum absolute atomic E-state index is 12.6. The first kappa shape index (κ1) is 16.6. The lowest BCUT2D eigenvalue weighted by Crippen LogP contribution is -2.51. The van der Waals surface area contributed by atoms with Crippen LogP contribution in [0.3, 0.4) is 0 Å². The number of nitrogens with one attached hydrogen (secondary N) is 2. The maximum Gasteiger partial charge on any atom is 0.454 e. The highest BCUT2D eigenvalue weighted by Gasteiger charge is 2.57. The van der Waals surface area contributed by atoms with Crippen LogP contribution >= 0.6 is 0 Å². The first-order valence-corrected chi connectivity index (χ1v) is 5.28. The van der Waals surface area contributed by atoms with Crippen molar-refractivity contribution in [2.45, 2.75) is 51.4 Å². The Morgan fingerprint density at radius 2 is 1.47 bits per heavy atom. The van der Waals surface area contributed by atoms with Crippen LogP contribution in [-0.4, -0.2) is 36.8 Å². The average Bonchev–Trinajstić information content (AvgIpc) is 2.08. The number of hydrogen-bond donors (Lipinski definition) is 2. The van der Waals surface area contributed by atoms with Crippen molar-refractivity contribution in [3.63, 3.8) is 0 Å². The Morgan fingerprint density at radius 3 is 1.82 bits per heavy atom. The van der Waals surface area contributed by atoms with Crippen LogP contribution < -0.4 is 10.6 Å². The number of hydrogen-bond acceptors (Lipinski definition) is 2. The summed E-state index contributed by atoms with van der Waals surface area (Å²) in [7, 11) is 0. The molecule has 0 aliphatic rings. The summed E-state index contributed by atoms with van der Waals surface area (Å²) in [5, 5.41) is 5.18. The summed E-state index contributed by atoms with van der Waals surface area (Å²) in [5.74, 6) is -4.69. The first-order chi connectivity index (χ1) is 7.35. The minimum atomic E-state index is -5.50. The van der Waals surface area contributed by atoms with Gasteiger partial charge < -0.3 is 10.6 Å². The van der Waals surface area contributed by atoms with Crippen LogP contribution in [0.4, 0.5) is 22.0 Å². The smallest absolute Gasteiger partial charge is 0.311 e. The molecule has 0 saturated heterocycles. The fourth-order valence-corrected chi connectivity index (χ4v) is 0.934. The molecule has 0 aliphatic heterocycles. The van der Waals surface area contributed by atoms with E-state index in [4.69, 9.17) is 0 Å². The standard InChI is InChI=1S/C10H19F5N2/c1-7(5-17-8(2,3)4)16-6-9(11,12)10(13,14)15/h7,16-17H,5-6H2,1-4H3. The van der Waals surface area contributed by atoms with Crippen LogP contribution in [0.25, 0.3) is 0 Å². The zero-order chi connectivity index (χ0) is 13.9. The van der Waals surface area contributed by atoms with Gasteiger partial charge in [-0.3, -0.25) is 0 Å². The molecule has 0 aromatic rings. The van der Waals surface area contributed by atoms with Crippen LogP contribution in [0.15, 0.2) is 0 Å². The molecule has 0 saturated carbocycles. The highest BCUT2D eigenvalue weighted by atomic mass is 19.4. The molecule has 0 heterocycles. The van der Waals surface area contributed by atoms with E-state index in [-0.39, 0.29) is 5.54 Å². The van der Waals surface area contributed by atoms with Crippen LogP contribution in [0.2, 0.25) is 0 Å². The highest BCUT2D eigenvalue weighted by molar-refractivity contribution is 4.81. The molecule has 1 atom stereocenters. The van der Waals surface area contributed by atoms with E-state index in [9.17, 15) is 22.0 Å². The average molecular weight is 262 g/mol. The second kappa shape index (κ2) is 5.48. The molecular weight excluding hydrogens is 243 g/mol. The zero-order valence-corrected chi connectivity index (χ0v) is 10.4. The third-order valence-electron chi connectivity index (χ3n) is 2.03. The van der Waals surface area contributed by atoms with Gasteiger partial charge in [0.25, 0.3) is 0 Å².